The van der Waals surface area contributed by atoms with Gasteiger partial charge in [0.15, 0.2) is 0 Å². The van der Waals surface area contributed by atoms with Gasteiger partial charge in [0.2, 0.25) is 0 Å². The van der Waals surface area contributed by atoms with E-state index in [-0.39, 0.29) is 0 Å². The van der Waals surface area contributed by atoms with Crippen LogP contribution in [0.5, 0.6) is 11.5 Å². The Morgan fingerprint density at radius 3 is 1.82 bits per heavy atom. The zero-order chi connectivity index (χ0) is 15.8. The number of allylic oxidation sites excluding steroid dienone is 1. The van der Waals surface area contributed by atoms with Crippen molar-refractivity contribution in [3.63, 3.8) is 0 Å². The quantitative estimate of drug-likeness (QED) is 0.470. The first-order valence-corrected chi connectivity index (χ1v) is 8.54. The number of hydrogen-bond acceptors (Lipinski definition) is 4. The zero-order valence-corrected chi connectivity index (χ0v) is 13.4. The summed E-state index contributed by atoms with van der Waals surface area (Å²) in [5, 5.41) is 0. The van der Waals surface area contributed by atoms with Gasteiger partial charge in [-0.2, -0.15) is 4.57 Å². The number of phosphoric ester groups is 1. The van der Waals surface area contributed by atoms with Gasteiger partial charge in [0.1, 0.15) is 17.3 Å². The van der Waals surface area contributed by atoms with Crippen molar-refractivity contribution in [3.05, 3.63) is 73.0 Å². The molecule has 5 heteroatoms. The van der Waals surface area contributed by atoms with E-state index in [4.69, 9.17) is 13.6 Å². The molecule has 0 spiro atoms. The van der Waals surface area contributed by atoms with Crippen molar-refractivity contribution >= 4 is 7.82 Å². The molecule has 0 atom stereocenters. The predicted molar refractivity (Wildman–Crippen MR) is 86.9 cm³/mol. The zero-order valence-electron chi connectivity index (χ0n) is 12.5. The molecule has 2 aromatic rings. The highest BCUT2D eigenvalue weighted by atomic mass is 31.2. The fourth-order valence-electron chi connectivity index (χ4n) is 1.76. The Bertz CT molecular complexity index is 595. The lowest BCUT2D eigenvalue weighted by Crippen LogP contribution is -2.05. The molecule has 0 aliphatic carbocycles. The topological polar surface area (TPSA) is 44.8 Å². The predicted octanol–water partition coefficient (Wildman–Crippen LogP) is 5.58. The maximum atomic E-state index is 12.9. The van der Waals surface area contributed by atoms with Crippen molar-refractivity contribution in [1.29, 1.82) is 0 Å². The molecule has 2 aromatic carbocycles. The van der Waals surface area contributed by atoms with Gasteiger partial charge in [0.05, 0.1) is 0 Å². The minimum atomic E-state index is -3.85. The Morgan fingerprint density at radius 1 is 0.955 bits per heavy atom. The van der Waals surface area contributed by atoms with E-state index in [0.717, 1.165) is 6.42 Å². The molecule has 22 heavy (non-hydrogen) atoms. The van der Waals surface area contributed by atoms with Crippen LogP contribution in [-0.4, -0.2) is 0 Å². The molecule has 0 N–H and O–H groups in total. The fraction of sp³-hybridized carbons (Fsp3) is 0.176. The van der Waals surface area contributed by atoms with Gasteiger partial charge in [0.25, 0.3) is 0 Å². The van der Waals surface area contributed by atoms with E-state index in [1.54, 1.807) is 48.5 Å². The molecule has 0 heterocycles. The number of benzene rings is 2. The highest BCUT2D eigenvalue weighted by Gasteiger charge is 2.33. The molecule has 4 nitrogen and oxygen atoms in total. The van der Waals surface area contributed by atoms with Gasteiger partial charge >= 0.3 is 7.82 Å². The van der Waals surface area contributed by atoms with Crippen molar-refractivity contribution in [3.8, 4) is 11.5 Å². The van der Waals surface area contributed by atoms with E-state index in [9.17, 15) is 4.57 Å². The van der Waals surface area contributed by atoms with Crippen LogP contribution in [0.3, 0.4) is 0 Å². The molecule has 0 aliphatic heterocycles. The van der Waals surface area contributed by atoms with Crippen LogP contribution < -0.4 is 9.05 Å². The lowest BCUT2D eigenvalue weighted by Gasteiger charge is -2.20. The van der Waals surface area contributed by atoms with E-state index in [1.165, 1.54) is 0 Å². The molecule has 0 radical (unpaired) electrons. The van der Waals surface area contributed by atoms with Gasteiger partial charge in [-0.05, 0) is 30.7 Å². The largest absolute Gasteiger partial charge is 0.646 e. The fourth-order valence-corrected chi connectivity index (χ4v) is 3.04. The summed E-state index contributed by atoms with van der Waals surface area (Å²) in [6, 6.07) is 17.6. The normalized spacial score (nSPS) is 10.8. The second-order valence-electron chi connectivity index (χ2n) is 4.64. The van der Waals surface area contributed by atoms with Crippen LogP contribution in [0.25, 0.3) is 0 Å². The maximum absolute atomic E-state index is 12.9. The lowest BCUT2D eigenvalue weighted by atomic mass is 10.3. The average molecular weight is 318 g/mol. The Hall–Kier alpha value is -2.19. The first kappa shape index (κ1) is 16.2. The molecular formula is C17H19O4P. The van der Waals surface area contributed by atoms with Crippen LogP contribution in [0, 0.1) is 0 Å². The highest BCUT2D eigenvalue weighted by molar-refractivity contribution is 7.49. The maximum Gasteiger partial charge on any atom is 0.646 e. The van der Waals surface area contributed by atoms with E-state index in [2.05, 4.69) is 6.58 Å². The minimum Gasteiger partial charge on any atom is -0.391 e. The van der Waals surface area contributed by atoms with Crippen molar-refractivity contribution in [1.82, 2.24) is 0 Å². The van der Waals surface area contributed by atoms with Crippen molar-refractivity contribution in [2.24, 2.45) is 0 Å². The number of para-hydroxylation sites is 2. The molecule has 2 rings (SSSR count). The Morgan fingerprint density at radius 2 is 1.41 bits per heavy atom. The summed E-state index contributed by atoms with van der Waals surface area (Å²) < 4.78 is 29.3. The molecule has 0 saturated heterocycles. The van der Waals surface area contributed by atoms with E-state index in [1.807, 2.05) is 19.1 Å². The molecule has 0 unspecified atom stereocenters. The molecule has 0 aromatic heterocycles. The van der Waals surface area contributed by atoms with Crippen LogP contribution >= 0.6 is 7.82 Å². The second kappa shape index (κ2) is 7.71. The third-order valence-corrected chi connectivity index (χ3v) is 4.04. The molecule has 0 aliphatic rings. The van der Waals surface area contributed by atoms with Gasteiger partial charge in [-0.25, -0.2) is 0 Å². The number of phosphoric acid groups is 1. The summed E-state index contributed by atoms with van der Waals surface area (Å²) in [6.07, 6.45) is 1.41. The molecular weight excluding hydrogens is 299 g/mol. The minimum absolute atomic E-state index is 0.373. The smallest absolute Gasteiger partial charge is 0.391 e. The van der Waals surface area contributed by atoms with Gasteiger partial charge in [-0.15, -0.1) is 0 Å². The average Bonchev–Trinajstić information content (AvgIpc) is 2.49. The second-order valence-corrected chi connectivity index (χ2v) is 6.08. The third-order valence-electron chi connectivity index (χ3n) is 2.69. The number of hydrogen-bond donors (Lipinski definition) is 0. The van der Waals surface area contributed by atoms with Gasteiger partial charge in [0, 0.05) is 6.42 Å². The SMILES string of the molecule is C=C(CCC)OP(=O)(Oc1ccccc1)Oc1ccccc1. The van der Waals surface area contributed by atoms with E-state index in [0.29, 0.717) is 23.7 Å². The van der Waals surface area contributed by atoms with Crippen LogP contribution in [0.2, 0.25) is 0 Å². The molecule has 0 bridgehead atoms. The van der Waals surface area contributed by atoms with Gasteiger partial charge in [-0.1, -0.05) is 49.9 Å². The standard InChI is InChI=1S/C17H19O4P/c1-3-10-15(2)19-22(18,20-16-11-6-4-7-12-16)21-17-13-8-5-9-14-17/h4-9,11-14H,2-3,10H2,1H3. The molecule has 0 saturated carbocycles. The van der Waals surface area contributed by atoms with E-state index >= 15 is 0 Å². The summed E-state index contributed by atoms with van der Waals surface area (Å²) in [5.74, 6) is 1.19. The summed E-state index contributed by atoms with van der Waals surface area (Å²) >= 11 is 0. The number of rotatable bonds is 8. The Kier molecular flexibility index (Phi) is 5.68. The molecule has 0 amide bonds. The Labute approximate surface area is 131 Å². The first-order chi connectivity index (χ1) is 10.6. The molecule has 0 fully saturated rings. The van der Waals surface area contributed by atoms with Crippen LogP contribution in [0.1, 0.15) is 19.8 Å². The highest BCUT2D eigenvalue weighted by Crippen LogP contribution is 2.51. The monoisotopic (exact) mass is 318 g/mol. The van der Waals surface area contributed by atoms with Crippen LogP contribution in [-0.2, 0) is 9.09 Å². The Balaban J connectivity index is 2.19. The van der Waals surface area contributed by atoms with E-state index < -0.39 is 7.82 Å². The van der Waals surface area contributed by atoms with Gasteiger partial charge < -0.3 is 13.6 Å². The van der Waals surface area contributed by atoms with Crippen LogP contribution in [0.15, 0.2) is 73.0 Å². The summed E-state index contributed by atoms with van der Waals surface area (Å²) in [7, 11) is -3.85. The summed E-state index contributed by atoms with van der Waals surface area (Å²) in [4.78, 5) is 0. The lowest BCUT2D eigenvalue weighted by molar-refractivity contribution is 0.251. The summed E-state index contributed by atoms with van der Waals surface area (Å²) in [5.41, 5.74) is 0. The van der Waals surface area contributed by atoms with Crippen molar-refractivity contribution in [2.75, 3.05) is 0 Å². The van der Waals surface area contributed by atoms with Crippen molar-refractivity contribution < 1.29 is 18.1 Å². The van der Waals surface area contributed by atoms with Gasteiger partial charge in [-0.3, -0.25) is 0 Å². The van der Waals surface area contributed by atoms with Crippen molar-refractivity contribution in [2.45, 2.75) is 19.8 Å². The molecule has 116 valence electrons. The van der Waals surface area contributed by atoms with Crippen LogP contribution in [0.4, 0.5) is 0 Å². The third kappa shape index (κ3) is 4.97. The first-order valence-electron chi connectivity index (χ1n) is 7.08. The summed E-state index contributed by atoms with van der Waals surface area (Å²) in [6.45, 7) is 5.74.